The standard InChI is InChI=1S/C9H18N2O/c1-6-3-8(4-6)11-7(2)5-9(10)12/h6-8,11H,3-5H2,1-2H3,(H2,10,12). The first-order valence-corrected chi connectivity index (χ1v) is 4.62. The lowest BCUT2D eigenvalue weighted by molar-refractivity contribution is -0.118. The van der Waals surface area contributed by atoms with E-state index in [1.54, 1.807) is 0 Å². The van der Waals surface area contributed by atoms with Crippen LogP contribution in [0.1, 0.15) is 33.1 Å². The maximum atomic E-state index is 10.5. The van der Waals surface area contributed by atoms with E-state index in [0.29, 0.717) is 12.5 Å². The lowest BCUT2D eigenvalue weighted by atomic mass is 9.81. The van der Waals surface area contributed by atoms with Crippen LogP contribution in [-0.4, -0.2) is 18.0 Å². The quantitative estimate of drug-likeness (QED) is 0.650. The van der Waals surface area contributed by atoms with E-state index in [0.717, 1.165) is 5.92 Å². The second kappa shape index (κ2) is 3.90. The molecule has 1 aliphatic carbocycles. The van der Waals surface area contributed by atoms with E-state index in [9.17, 15) is 4.79 Å². The largest absolute Gasteiger partial charge is 0.370 e. The monoisotopic (exact) mass is 170 g/mol. The van der Waals surface area contributed by atoms with Gasteiger partial charge in [0, 0.05) is 18.5 Å². The SMILES string of the molecule is CC1CC(NC(C)CC(N)=O)C1. The van der Waals surface area contributed by atoms with Gasteiger partial charge in [-0.1, -0.05) is 6.92 Å². The van der Waals surface area contributed by atoms with Crippen molar-refractivity contribution in [2.24, 2.45) is 11.7 Å². The van der Waals surface area contributed by atoms with Crippen LogP contribution in [0.15, 0.2) is 0 Å². The highest BCUT2D eigenvalue weighted by Crippen LogP contribution is 2.26. The van der Waals surface area contributed by atoms with Crippen molar-refractivity contribution in [3.63, 3.8) is 0 Å². The average molecular weight is 170 g/mol. The molecule has 3 heteroatoms. The third kappa shape index (κ3) is 2.81. The van der Waals surface area contributed by atoms with Crippen LogP contribution >= 0.6 is 0 Å². The van der Waals surface area contributed by atoms with Crippen LogP contribution in [0, 0.1) is 5.92 Å². The number of nitrogens with two attached hydrogens (primary N) is 1. The number of amides is 1. The molecule has 0 heterocycles. The van der Waals surface area contributed by atoms with Crippen molar-refractivity contribution < 1.29 is 4.79 Å². The van der Waals surface area contributed by atoms with Crippen LogP contribution in [0.3, 0.4) is 0 Å². The van der Waals surface area contributed by atoms with Crippen LogP contribution in [0.2, 0.25) is 0 Å². The van der Waals surface area contributed by atoms with Crippen molar-refractivity contribution in [3.05, 3.63) is 0 Å². The minimum absolute atomic E-state index is 0.220. The van der Waals surface area contributed by atoms with Gasteiger partial charge in [-0.05, 0) is 25.7 Å². The zero-order valence-corrected chi connectivity index (χ0v) is 7.84. The molecule has 0 aliphatic heterocycles. The van der Waals surface area contributed by atoms with Gasteiger partial charge in [-0.2, -0.15) is 0 Å². The Hall–Kier alpha value is -0.570. The summed E-state index contributed by atoms with van der Waals surface area (Å²) < 4.78 is 0. The van der Waals surface area contributed by atoms with Gasteiger partial charge in [0.2, 0.25) is 5.91 Å². The second-order valence-electron chi connectivity index (χ2n) is 4.01. The molecule has 0 bridgehead atoms. The van der Waals surface area contributed by atoms with Crippen molar-refractivity contribution in [2.75, 3.05) is 0 Å². The van der Waals surface area contributed by atoms with E-state index in [1.165, 1.54) is 12.8 Å². The molecule has 70 valence electrons. The fraction of sp³-hybridized carbons (Fsp3) is 0.889. The highest BCUT2D eigenvalue weighted by atomic mass is 16.1. The number of carbonyl (C=O) groups excluding carboxylic acids is 1. The summed E-state index contributed by atoms with van der Waals surface area (Å²) in [5, 5.41) is 3.38. The fourth-order valence-corrected chi connectivity index (χ4v) is 1.80. The number of carbonyl (C=O) groups is 1. The summed E-state index contributed by atoms with van der Waals surface area (Å²) in [5.41, 5.74) is 5.08. The molecule has 3 N–H and O–H groups in total. The van der Waals surface area contributed by atoms with Gasteiger partial charge in [-0.25, -0.2) is 0 Å². The summed E-state index contributed by atoms with van der Waals surface area (Å²) in [5.74, 6) is 0.630. The summed E-state index contributed by atoms with van der Waals surface area (Å²) >= 11 is 0. The van der Waals surface area contributed by atoms with Crippen molar-refractivity contribution in [1.29, 1.82) is 0 Å². The zero-order valence-electron chi connectivity index (χ0n) is 7.84. The number of rotatable bonds is 4. The average Bonchev–Trinajstić information content (AvgIpc) is 1.82. The summed E-state index contributed by atoms with van der Waals surface area (Å²) in [6.07, 6.45) is 2.93. The molecule has 1 aliphatic rings. The molecular formula is C9H18N2O. The van der Waals surface area contributed by atoms with Crippen LogP contribution in [0.5, 0.6) is 0 Å². The van der Waals surface area contributed by atoms with Crippen molar-refractivity contribution in [1.82, 2.24) is 5.32 Å². The predicted molar refractivity (Wildman–Crippen MR) is 48.6 cm³/mol. The smallest absolute Gasteiger partial charge is 0.218 e. The molecule has 1 unspecified atom stereocenters. The first-order chi connectivity index (χ1) is 5.58. The normalized spacial score (nSPS) is 30.8. The molecule has 1 atom stereocenters. The maximum absolute atomic E-state index is 10.5. The Balaban J connectivity index is 2.10. The fourth-order valence-electron chi connectivity index (χ4n) is 1.80. The molecular weight excluding hydrogens is 152 g/mol. The van der Waals surface area contributed by atoms with Crippen LogP contribution < -0.4 is 11.1 Å². The first-order valence-electron chi connectivity index (χ1n) is 4.62. The zero-order chi connectivity index (χ0) is 9.14. The molecule has 0 aromatic heterocycles. The molecule has 1 fully saturated rings. The molecule has 0 radical (unpaired) electrons. The molecule has 1 saturated carbocycles. The van der Waals surface area contributed by atoms with Crippen LogP contribution in [0.4, 0.5) is 0 Å². The van der Waals surface area contributed by atoms with Crippen molar-refractivity contribution in [2.45, 2.75) is 45.2 Å². The number of hydrogen-bond acceptors (Lipinski definition) is 2. The Kier molecular flexibility index (Phi) is 3.09. The topological polar surface area (TPSA) is 55.1 Å². The van der Waals surface area contributed by atoms with Gasteiger partial charge in [-0.3, -0.25) is 4.79 Å². The molecule has 0 aromatic carbocycles. The molecule has 0 spiro atoms. The Labute approximate surface area is 73.7 Å². The molecule has 0 saturated heterocycles. The minimum atomic E-state index is -0.220. The lowest BCUT2D eigenvalue weighted by Crippen LogP contribution is -2.45. The molecule has 3 nitrogen and oxygen atoms in total. The van der Waals surface area contributed by atoms with E-state index >= 15 is 0 Å². The van der Waals surface area contributed by atoms with E-state index in [1.807, 2.05) is 6.92 Å². The van der Waals surface area contributed by atoms with Crippen molar-refractivity contribution in [3.8, 4) is 0 Å². The van der Waals surface area contributed by atoms with E-state index in [2.05, 4.69) is 12.2 Å². The Morgan fingerprint density at radius 3 is 2.67 bits per heavy atom. The van der Waals surface area contributed by atoms with Crippen molar-refractivity contribution >= 4 is 5.91 Å². The van der Waals surface area contributed by atoms with Gasteiger partial charge < -0.3 is 11.1 Å². The van der Waals surface area contributed by atoms with Gasteiger partial charge in [-0.15, -0.1) is 0 Å². The van der Waals surface area contributed by atoms with E-state index in [-0.39, 0.29) is 11.9 Å². The summed E-state index contributed by atoms with van der Waals surface area (Å²) in [6.45, 7) is 4.25. The Morgan fingerprint density at radius 1 is 1.67 bits per heavy atom. The van der Waals surface area contributed by atoms with Crippen LogP contribution in [-0.2, 0) is 4.79 Å². The third-order valence-electron chi connectivity index (χ3n) is 2.40. The lowest BCUT2D eigenvalue weighted by Gasteiger charge is -2.35. The molecule has 12 heavy (non-hydrogen) atoms. The number of hydrogen-bond donors (Lipinski definition) is 2. The van der Waals surface area contributed by atoms with Gasteiger partial charge in [0.25, 0.3) is 0 Å². The number of primary amides is 1. The Morgan fingerprint density at radius 2 is 2.25 bits per heavy atom. The Bertz CT molecular complexity index is 164. The minimum Gasteiger partial charge on any atom is -0.370 e. The molecule has 0 aromatic rings. The van der Waals surface area contributed by atoms with Gasteiger partial charge in [0.05, 0.1) is 0 Å². The predicted octanol–water partition coefficient (Wildman–Crippen LogP) is 0.638. The number of nitrogens with one attached hydrogen (secondary N) is 1. The first kappa shape index (κ1) is 9.52. The molecule has 1 rings (SSSR count). The summed E-state index contributed by atoms with van der Waals surface area (Å²) in [4.78, 5) is 10.5. The maximum Gasteiger partial charge on any atom is 0.218 e. The summed E-state index contributed by atoms with van der Waals surface area (Å²) in [7, 11) is 0. The molecule has 1 amide bonds. The van der Waals surface area contributed by atoms with Crippen LogP contribution in [0.25, 0.3) is 0 Å². The van der Waals surface area contributed by atoms with Gasteiger partial charge >= 0.3 is 0 Å². The summed E-state index contributed by atoms with van der Waals surface area (Å²) in [6, 6.07) is 0.856. The van der Waals surface area contributed by atoms with Gasteiger partial charge in [0.15, 0.2) is 0 Å². The van der Waals surface area contributed by atoms with E-state index < -0.39 is 0 Å². The highest BCUT2D eigenvalue weighted by molar-refractivity contribution is 5.74. The third-order valence-corrected chi connectivity index (χ3v) is 2.40. The highest BCUT2D eigenvalue weighted by Gasteiger charge is 2.26. The van der Waals surface area contributed by atoms with E-state index in [4.69, 9.17) is 5.73 Å². The second-order valence-corrected chi connectivity index (χ2v) is 4.01. The van der Waals surface area contributed by atoms with Gasteiger partial charge in [0.1, 0.15) is 0 Å².